The monoisotopic (exact) mass is 219 g/mol. The summed E-state index contributed by atoms with van der Waals surface area (Å²) in [5.41, 5.74) is 0. The van der Waals surface area contributed by atoms with Crippen LogP contribution in [-0.2, 0) is 4.79 Å². The first-order valence-electron chi connectivity index (χ1n) is 5.67. The summed E-state index contributed by atoms with van der Waals surface area (Å²) in [6, 6.07) is 0. The van der Waals surface area contributed by atoms with Gasteiger partial charge in [-0.25, -0.2) is 0 Å². The van der Waals surface area contributed by atoms with Crippen LogP contribution in [0.4, 0.5) is 0 Å². The van der Waals surface area contributed by atoms with Crippen molar-refractivity contribution in [3.8, 4) is 0 Å². The Morgan fingerprint density at radius 2 is 1.53 bits per heavy atom. The van der Waals surface area contributed by atoms with Crippen molar-refractivity contribution in [2.45, 2.75) is 40.0 Å². The van der Waals surface area contributed by atoms with E-state index in [4.69, 9.17) is 10.2 Å². The Hall–Kier alpha value is -0.610. The number of rotatable bonds is 7. The van der Waals surface area contributed by atoms with E-state index in [-0.39, 0.29) is 13.0 Å². The van der Waals surface area contributed by atoms with Gasteiger partial charge in [-0.05, 0) is 32.5 Å². The highest BCUT2D eigenvalue weighted by Crippen LogP contribution is 1.92. The molecule has 0 aromatic rings. The molecule has 0 unspecified atom stereocenters. The second-order valence-electron chi connectivity index (χ2n) is 3.19. The van der Waals surface area contributed by atoms with E-state index in [1.807, 2.05) is 0 Å². The van der Waals surface area contributed by atoms with Gasteiger partial charge in [0.05, 0.1) is 0 Å². The Kier molecular flexibility index (Phi) is 15.0. The first-order valence-corrected chi connectivity index (χ1v) is 5.67. The molecule has 2 N–H and O–H groups in total. The fraction of sp³-hybridized carbons (Fsp3) is 0.909. The molecule has 0 spiro atoms. The summed E-state index contributed by atoms with van der Waals surface area (Å²) in [7, 11) is 0. The zero-order valence-corrected chi connectivity index (χ0v) is 10.2. The van der Waals surface area contributed by atoms with E-state index in [1.54, 1.807) is 0 Å². The van der Waals surface area contributed by atoms with Crippen LogP contribution < -0.4 is 0 Å². The zero-order valence-electron chi connectivity index (χ0n) is 10.2. The van der Waals surface area contributed by atoms with Gasteiger partial charge in [0.25, 0.3) is 0 Å². The quantitative estimate of drug-likeness (QED) is 0.638. The first-order chi connectivity index (χ1) is 7.12. The van der Waals surface area contributed by atoms with Gasteiger partial charge in [-0.1, -0.05) is 20.8 Å². The molecule has 92 valence electrons. The Morgan fingerprint density at radius 3 is 1.73 bits per heavy atom. The van der Waals surface area contributed by atoms with Crippen molar-refractivity contribution in [2.75, 3.05) is 26.2 Å². The number of carboxylic acids is 1. The largest absolute Gasteiger partial charge is 0.481 e. The summed E-state index contributed by atoms with van der Waals surface area (Å²) in [6.45, 7) is 10.2. The lowest BCUT2D eigenvalue weighted by Crippen LogP contribution is -2.21. The number of nitrogens with zero attached hydrogens (tertiary/aromatic N) is 1. The van der Waals surface area contributed by atoms with Gasteiger partial charge in [0, 0.05) is 13.0 Å². The van der Waals surface area contributed by atoms with E-state index >= 15 is 0 Å². The molecular formula is C11H25NO3. The normalized spacial score (nSPS) is 9.67. The van der Waals surface area contributed by atoms with Crippen LogP contribution in [0.25, 0.3) is 0 Å². The predicted molar refractivity (Wildman–Crippen MR) is 62.0 cm³/mol. The molecule has 0 saturated carbocycles. The molecule has 0 heterocycles. The van der Waals surface area contributed by atoms with E-state index in [1.165, 1.54) is 19.6 Å². The van der Waals surface area contributed by atoms with Crippen LogP contribution in [0.5, 0.6) is 0 Å². The van der Waals surface area contributed by atoms with Crippen LogP contribution in [0.2, 0.25) is 0 Å². The average molecular weight is 219 g/mol. The molecule has 0 radical (unpaired) electrons. The fourth-order valence-electron chi connectivity index (χ4n) is 1.06. The molecule has 0 atom stereocenters. The molecule has 0 aliphatic rings. The Bertz CT molecular complexity index is 130. The Labute approximate surface area is 92.9 Å². The Balaban J connectivity index is 0. The van der Waals surface area contributed by atoms with Gasteiger partial charge in [-0.3, -0.25) is 4.79 Å². The van der Waals surface area contributed by atoms with Crippen molar-refractivity contribution in [3.63, 3.8) is 0 Å². The maximum atomic E-state index is 9.79. The number of aliphatic hydroxyl groups is 1. The third-order valence-corrected chi connectivity index (χ3v) is 2.14. The molecule has 0 aliphatic carbocycles. The molecule has 0 rings (SSSR count). The minimum Gasteiger partial charge on any atom is -0.481 e. The second-order valence-corrected chi connectivity index (χ2v) is 3.19. The van der Waals surface area contributed by atoms with E-state index in [2.05, 4.69) is 25.7 Å². The van der Waals surface area contributed by atoms with Gasteiger partial charge in [0.15, 0.2) is 0 Å². The summed E-state index contributed by atoms with van der Waals surface area (Å²) < 4.78 is 0. The maximum Gasteiger partial charge on any atom is 0.303 e. The van der Waals surface area contributed by atoms with Crippen molar-refractivity contribution in [2.24, 2.45) is 0 Å². The maximum absolute atomic E-state index is 9.79. The number of hydrogen-bond acceptors (Lipinski definition) is 3. The summed E-state index contributed by atoms with van der Waals surface area (Å²) in [4.78, 5) is 12.2. The topological polar surface area (TPSA) is 60.8 Å². The Morgan fingerprint density at radius 1 is 1.07 bits per heavy atom. The van der Waals surface area contributed by atoms with Crippen LogP contribution in [0.3, 0.4) is 0 Å². The molecule has 0 saturated heterocycles. The van der Waals surface area contributed by atoms with Gasteiger partial charge in [-0.2, -0.15) is 0 Å². The summed E-state index contributed by atoms with van der Waals surface area (Å²) in [5, 5.41) is 16.2. The first kappa shape index (κ1) is 16.8. The predicted octanol–water partition coefficient (Wildman–Crippen LogP) is 1.58. The molecular weight excluding hydrogens is 194 g/mol. The molecule has 15 heavy (non-hydrogen) atoms. The highest BCUT2D eigenvalue weighted by Gasteiger charge is 1.93. The lowest BCUT2D eigenvalue weighted by Gasteiger charge is -2.13. The van der Waals surface area contributed by atoms with Crippen LogP contribution in [0, 0.1) is 0 Å². The molecule has 4 nitrogen and oxygen atoms in total. The smallest absolute Gasteiger partial charge is 0.303 e. The number of aliphatic carboxylic acids is 1. The molecule has 0 fully saturated rings. The van der Waals surface area contributed by atoms with Crippen molar-refractivity contribution in [1.29, 1.82) is 0 Å². The van der Waals surface area contributed by atoms with Gasteiger partial charge in [-0.15, -0.1) is 0 Å². The van der Waals surface area contributed by atoms with Crippen molar-refractivity contribution >= 4 is 5.97 Å². The van der Waals surface area contributed by atoms with Gasteiger partial charge in [0.1, 0.15) is 0 Å². The molecule has 0 aromatic carbocycles. The molecule has 0 aliphatic heterocycles. The third-order valence-electron chi connectivity index (χ3n) is 2.14. The minimum absolute atomic E-state index is 0.0906. The molecule has 0 aromatic heterocycles. The lowest BCUT2D eigenvalue weighted by molar-refractivity contribution is -0.137. The second kappa shape index (κ2) is 13.4. The molecule has 0 amide bonds. The molecule has 4 heteroatoms. The van der Waals surface area contributed by atoms with Crippen molar-refractivity contribution in [3.05, 3.63) is 0 Å². The average Bonchev–Trinajstić information content (AvgIpc) is 2.21. The number of unbranched alkanes of at least 4 members (excludes halogenated alkanes) is 1. The van der Waals surface area contributed by atoms with Crippen molar-refractivity contribution in [1.82, 2.24) is 4.90 Å². The summed E-state index contributed by atoms with van der Waals surface area (Å²) in [6.07, 6.45) is 1.33. The number of carboxylic acid groups (broad SMARTS) is 1. The van der Waals surface area contributed by atoms with Gasteiger partial charge >= 0.3 is 5.97 Å². The fourth-order valence-corrected chi connectivity index (χ4v) is 1.06. The minimum atomic E-state index is -0.793. The van der Waals surface area contributed by atoms with E-state index in [0.29, 0.717) is 12.8 Å². The standard InChI is InChI=1S/C6H15N.C5H10O3/c1-4-7(5-2)6-3;6-4-2-1-3-5(7)8/h4-6H2,1-3H3;6H,1-4H2,(H,7,8). The van der Waals surface area contributed by atoms with Crippen LogP contribution in [0.1, 0.15) is 40.0 Å². The van der Waals surface area contributed by atoms with Gasteiger partial charge < -0.3 is 15.1 Å². The highest BCUT2D eigenvalue weighted by molar-refractivity contribution is 5.66. The SMILES string of the molecule is CCN(CC)CC.O=C(O)CCCCO. The van der Waals surface area contributed by atoms with Crippen molar-refractivity contribution < 1.29 is 15.0 Å². The highest BCUT2D eigenvalue weighted by atomic mass is 16.4. The van der Waals surface area contributed by atoms with Crippen LogP contribution in [-0.4, -0.2) is 47.3 Å². The zero-order chi connectivity index (χ0) is 12.1. The number of aliphatic hydroxyl groups excluding tert-OH is 1. The lowest BCUT2D eigenvalue weighted by atomic mass is 10.2. The number of hydrogen-bond donors (Lipinski definition) is 2. The number of carbonyl (C=O) groups is 1. The van der Waals surface area contributed by atoms with Crippen LogP contribution >= 0.6 is 0 Å². The summed E-state index contributed by atoms with van der Waals surface area (Å²) in [5.74, 6) is -0.793. The van der Waals surface area contributed by atoms with Crippen LogP contribution in [0.15, 0.2) is 0 Å². The third kappa shape index (κ3) is 16.1. The van der Waals surface area contributed by atoms with Gasteiger partial charge in [0.2, 0.25) is 0 Å². The van der Waals surface area contributed by atoms with E-state index < -0.39 is 5.97 Å². The summed E-state index contributed by atoms with van der Waals surface area (Å²) >= 11 is 0. The van der Waals surface area contributed by atoms with E-state index in [9.17, 15) is 4.79 Å². The van der Waals surface area contributed by atoms with E-state index in [0.717, 1.165) is 0 Å². The molecule has 0 bridgehead atoms.